The summed E-state index contributed by atoms with van der Waals surface area (Å²) < 4.78 is 0. The topological polar surface area (TPSA) is 56.0 Å². The minimum atomic E-state index is 0.194. The molecule has 0 radical (unpaired) electrons. The first-order valence-corrected chi connectivity index (χ1v) is 4.97. The van der Waals surface area contributed by atoms with Gasteiger partial charge in [-0.3, -0.25) is 0 Å². The van der Waals surface area contributed by atoms with Crippen molar-refractivity contribution < 1.29 is 5.11 Å². The summed E-state index contributed by atoms with van der Waals surface area (Å²) in [5, 5.41) is 20.8. The zero-order valence-electron chi connectivity index (χ0n) is 8.21. The van der Waals surface area contributed by atoms with Gasteiger partial charge in [0.05, 0.1) is 12.7 Å². The first-order valence-electron chi connectivity index (χ1n) is 4.97. The zero-order chi connectivity index (χ0) is 9.73. The fraction of sp³-hybridized carbons (Fsp3) is 0.900. The number of aliphatic hydroxyl groups is 1. The molecule has 0 aliphatic heterocycles. The minimum absolute atomic E-state index is 0.194. The van der Waals surface area contributed by atoms with Crippen molar-refractivity contribution >= 4 is 0 Å². The molecule has 1 saturated carbocycles. The highest BCUT2D eigenvalue weighted by atomic mass is 16.3. The molecule has 0 aromatic rings. The van der Waals surface area contributed by atoms with E-state index in [1.165, 1.54) is 0 Å². The highest BCUT2D eigenvalue weighted by molar-refractivity contribution is 5.00. The van der Waals surface area contributed by atoms with Crippen molar-refractivity contribution in [2.45, 2.75) is 38.6 Å². The van der Waals surface area contributed by atoms with Gasteiger partial charge < -0.3 is 10.4 Å². The van der Waals surface area contributed by atoms with Crippen molar-refractivity contribution in [1.82, 2.24) is 5.32 Å². The Morgan fingerprint density at radius 3 is 2.69 bits per heavy atom. The summed E-state index contributed by atoms with van der Waals surface area (Å²) in [6.45, 7) is 3.14. The Morgan fingerprint density at radius 2 is 2.31 bits per heavy atom. The van der Waals surface area contributed by atoms with Crippen LogP contribution in [0.2, 0.25) is 0 Å². The van der Waals surface area contributed by atoms with Crippen molar-refractivity contribution in [2.75, 3.05) is 13.2 Å². The Morgan fingerprint density at radius 1 is 1.62 bits per heavy atom. The van der Waals surface area contributed by atoms with Crippen LogP contribution in [0.4, 0.5) is 0 Å². The first-order chi connectivity index (χ1) is 6.26. The van der Waals surface area contributed by atoms with E-state index in [1.54, 1.807) is 0 Å². The second-order valence-electron chi connectivity index (χ2n) is 4.00. The van der Waals surface area contributed by atoms with Gasteiger partial charge in [-0.15, -0.1) is 0 Å². The van der Waals surface area contributed by atoms with Gasteiger partial charge >= 0.3 is 0 Å². The predicted molar refractivity (Wildman–Crippen MR) is 51.1 cm³/mol. The maximum absolute atomic E-state index is 8.95. The lowest BCUT2D eigenvalue weighted by Gasteiger charge is -2.18. The van der Waals surface area contributed by atoms with Crippen molar-refractivity contribution in [3.63, 3.8) is 0 Å². The number of hydrogen-bond acceptors (Lipinski definition) is 3. The van der Waals surface area contributed by atoms with Gasteiger partial charge in [0.15, 0.2) is 0 Å². The highest BCUT2D eigenvalue weighted by Crippen LogP contribution is 2.47. The van der Waals surface area contributed by atoms with Crippen LogP contribution in [0, 0.1) is 16.7 Å². The molecule has 1 atom stereocenters. The Kier molecular flexibility index (Phi) is 3.71. The fourth-order valence-electron chi connectivity index (χ4n) is 1.46. The van der Waals surface area contributed by atoms with E-state index in [4.69, 9.17) is 10.4 Å². The first kappa shape index (κ1) is 10.5. The van der Waals surface area contributed by atoms with Gasteiger partial charge in [0.25, 0.3) is 0 Å². The average Bonchev–Trinajstić information content (AvgIpc) is 2.88. The van der Waals surface area contributed by atoms with Crippen LogP contribution in [0.5, 0.6) is 0 Å². The van der Waals surface area contributed by atoms with E-state index < -0.39 is 0 Å². The van der Waals surface area contributed by atoms with Crippen LogP contribution in [0.3, 0.4) is 0 Å². The third-order valence-electron chi connectivity index (χ3n) is 2.89. The number of nitrogens with zero attached hydrogens (tertiary/aromatic N) is 1. The monoisotopic (exact) mass is 182 g/mol. The minimum Gasteiger partial charge on any atom is -0.395 e. The van der Waals surface area contributed by atoms with Crippen LogP contribution >= 0.6 is 0 Å². The normalized spacial score (nSPS) is 20.7. The molecular weight excluding hydrogens is 164 g/mol. The van der Waals surface area contributed by atoms with Crippen molar-refractivity contribution in [3.05, 3.63) is 0 Å². The van der Waals surface area contributed by atoms with Crippen LogP contribution < -0.4 is 5.32 Å². The van der Waals surface area contributed by atoms with Gasteiger partial charge in [0, 0.05) is 19.0 Å². The molecule has 1 aliphatic carbocycles. The van der Waals surface area contributed by atoms with Crippen LogP contribution in [-0.2, 0) is 0 Å². The van der Waals surface area contributed by atoms with E-state index in [1.807, 2.05) is 0 Å². The maximum Gasteiger partial charge on any atom is 0.0628 e. The number of hydrogen-bond donors (Lipinski definition) is 2. The Balaban J connectivity index is 2.22. The lowest BCUT2D eigenvalue weighted by atomic mass is 10.0. The van der Waals surface area contributed by atoms with E-state index in [0.717, 1.165) is 25.8 Å². The van der Waals surface area contributed by atoms with Crippen molar-refractivity contribution in [3.8, 4) is 6.07 Å². The summed E-state index contributed by atoms with van der Waals surface area (Å²) in [5.41, 5.74) is 0.247. The summed E-state index contributed by atoms with van der Waals surface area (Å²) in [7, 11) is 0. The van der Waals surface area contributed by atoms with Crippen LogP contribution in [0.15, 0.2) is 0 Å². The van der Waals surface area contributed by atoms with Gasteiger partial charge in [-0.25, -0.2) is 0 Å². The van der Waals surface area contributed by atoms with E-state index in [9.17, 15) is 0 Å². The summed E-state index contributed by atoms with van der Waals surface area (Å²) in [6.07, 6.45) is 3.92. The van der Waals surface area contributed by atoms with Crippen molar-refractivity contribution in [1.29, 1.82) is 5.26 Å². The van der Waals surface area contributed by atoms with Crippen molar-refractivity contribution in [2.24, 2.45) is 5.41 Å². The van der Waals surface area contributed by atoms with Crippen LogP contribution in [0.1, 0.15) is 32.6 Å². The third-order valence-corrected chi connectivity index (χ3v) is 2.89. The summed E-state index contributed by atoms with van der Waals surface area (Å²) >= 11 is 0. The largest absolute Gasteiger partial charge is 0.395 e. The Hall–Kier alpha value is -0.590. The molecule has 0 heterocycles. The number of nitrogens with one attached hydrogen (secondary N) is 1. The Labute approximate surface area is 79.8 Å². The van der Waals surface area contributed by atoms with E-state index >= 15 is 0 Å². The smallest absolute Gasteiger partial charge is 0.0628 e. The molecule has 3 heteroatoms. The maximum atomic E-state index is 8.95. The van der Waals surface area contributed by atoms with Gasteiger partial charge in [0.1, 0.15) is 0 Å². The van der Waals surface area contributed by atoms with E-state index in [-0.39, 0.29) is 18.1 Å². The molecule has 3 nitrogen and oxygen atoms in total. The third kappa shape index (κ3) is 2.98. The van der Waals surface area contributed by atoms with Crippen LogP contribution in [-0.4, -0.2) is 24.3 Å². The quantitative estimate of drug-likeness (QED) is 0.645. The zero-order valence-corrected chi connectivity index (χ0v) is 8.21. The molecule has 74 valence electrons. The second-order valence-corrected chi connectivity index (χ2v) is 4.00. The average molecular weight is 182 g/mol. The standard InChI is InChI=1S/C10H18N2O/c1-2-9(7-13)12-8-10(3-4-10)5-6-11/h9,12-13H,2-5,7-8H2,1H3. The summed E-state index contributed by atoms with van der Waals surface area (Å²) in [4.78, 5) is 0. The Bertz CT molecular complexity index is 190. The second kappa shape index (κ2) is 4.59. The molecule has 1 fully saturated rings. The summed E-state index contributed by atoms with van der Waals surface area (Å²) in [5.74, 6) is 0. The van der Waals surface area contributed by atoms with E-state index in [0.29, 0.717) is 6.42 Å². The summed E-state index contributed by atoms with van der Waals surface area (Å²) in [6, 6.07) is 2.43. The van der Waals surface area contributed by atoms with Gasteiger partial charge in [0.2, 0.25) is 0 Å². The molecular formula is C10H18N2O. The molecule has 2 N–H and O–H groups in total. The van der Waals surface area contributed by atoms with E-state index in [2.05, 4.69) is 18.3 Å². The lowest BCUT2D eigenvalue weighted by molar-refractivity contribution is 0.231. The number of nitriles is 1. The SMILES string of the molecule is CCC(CO)NCC1(CC#N)CC1. The molecule has 0 bridgehead atoms. The molecule has 0 aromatic carbocycles. The lowest BCUT2D eigenvalue weighted by Crippen LogP contribution is -2.36. The number of aliphatic hydroxyl groups excluding tert-OH is 1. The van der Waals surface area contributed by atoms with Gasteiger partial charge in [-0.2, -0.15) is 5.26 Å². The molecule has 0 saturated heterocycles. The highest BCUT2D eigenvalue weighted by Gasteiger charge is 2.42. The van der Waals surface area contributed by atoms with Crippen LogP contribution in [0.25, 0.3) is 0 Å². The number of rotatable bonds is 6. The van der Waals surface area contributed by atoms with Gasteiger partial charge in [-0.1, -0.05) is 6.92 Å². The van der Waals surface area contributed by atoms with Gasteiger partial charge in [-0.05, 0) is 24.7 Å². The molecule has 0 spiro atoms. The molecule has 1 aliphatic rings. The predicted octanol–water partition coefficient (Wildman–Crippen LogP) is 1.04. The molecule has 1 unspecified atom stereocenters. The fourth-order valence-corrected chi connectivity index (χ4v) is 1.46. The molecule has 1 rings (SSSR count). The molecule has 0 aromatic heterocycles. The molecule has 13 heavy (non-hydrogen) atoms. The molecule has 0 amide bonds.